The van der Waals surface area contributed by atoms with Crippen molar-refractivity contribution in [2.45, 2.75) is 58.0 Å². The average Bonchev–Trinajstić information content (AvgIpc) is 2.56. The first-order chi connectivity index (χ1) is 8.24. The summed E-state index contributed by atoms with van der Waals surface area (Å²) in [5.74, 6) is 0.621. The molecule has 1 unspecified atom stereocenters. The Morgan fingerprint density at radius 2 is 2.06 bits per heavy atom. The molecular weight excluding hydrogens is 278 g/mol. The zero-order valence-corrected chi connectivity index (χ0v) is 12.1. The number of aryl methyl sites for hydroxylation is 1. The maximum absolute atomic E-state index is 6.47. The molecule has 1 aliphatic carbocycles. The van der Waals surface area contributed by atoms with Crippen molar-refractivity contribution in [1.82, 2.24) is 9.78 Å². The first-order valence-electron chi connectivity index (χ1n) is 6.70. The standard InChI is InChI=1S/C13H22BrN3/c1-2-17-13(11(14)9-16-17)12(15)10-7-5-3-4-6-8-10/h9-10,12H,2-8,15H2,1H3. The molecule has 1 fully saturated rings. The number of halogens is 1. The van der Waals surface area contributed by atoms with Crippen LogP contribution < -0.4 is 5.73 Å². The van der Waals surface area contributed by atoms with Gasteiger partial charge in [0.2, 0.25) is 0 Å². The Balaban J connectivity index is 2.16. The van der Waals surface area contributed by atoms with Gasteiger partial charge in [-0.05, 0) is 41.6 Å². The van der Waals surface area contributed by atoms with Crippen LogP contribution in [0.5, 0.6) is 0 Å². The van der Waals surface area contributed by atoms with Gasteiger partial charge in [0.15, 0.2) is 0 Å². The van der Waals surface area contributed by atoms with E-state index in [9.17, 15) is 0 Å². The molecule has 1 aromatic heterocycles. The van der Waals surface area contributed by atoms with E-state index in [2.05, 4.69) is 28.0 Å². The van der Waals surface area contributed by atoms with Crippen LogP contribution in [0.25, 0.3) is 0 Å². The highest BCUT2D eigenvalue weighted by Crippen LogP contribution is 2.34. The highest BCUT2D eigenvalue weighted by Gasteiger charge is 2.25. The number of nitrogens with zero attached hydrogens (tertiary/aromatic N) is 2. The first kappa shape index (κ1) is 13.1. The Bertz CT molecular complexity index is 354. The van der Waals surface area contributed by atoms with Crippen LogP contribution in [0.2, 0.25) is 0 Å². The van der Waals surface area contributed by atoms with Gasteiger partial charge in [-0.3, -0.25) is 4.68 Å². The van der Waals surface area contributed by atoms with Gasteiger partial charge in [0, 0.05) is 6.54 Å². The van der Waals surface area contributed by atoms with Crippen LogP contribution in [0.1, 0.15) is 57.2 Å². The van der Waals surface area contributed by atoms with Crippen molar-refractivity contribution in [3.63, 3.8) is 0 Å². The maximum atomic E-state index is 6.47. The molecule has 0 bridgehead atoms. The van der Waals surface area contributed by atoms with Crippen LogP contribution in [-0.2, 0) is 6.54 Å². The number of hydrogen-bond acceptors (Lipinski definition) is 2. The Hall–Kier alpha value is -0.350. The highest BCUT2D eigenvalue weighted by molar-refractivity contribution is 9.10. The topological polar surface area (TPSA) is 43.8 Å². The monoisotopic (exact) mass is 299 g/mol. The summed E-state index contributed by atoms with van der Waals surface area (Å²) in [6, 6.07) is 0.130. The Morgan fingerprint density at radius 1 is 1.41 bits per heavy atom. The summed E-state index contributed by atoms with van der Waals surface area (Å²) in [5, 5.41) is 4.36. The summed E-state index contributed by atoms with van der Waals surface area (Å²) in [4.78, 5) is 0. The predicted octanol–water partition coefficient (Wildman–Crippen LogP) is 3.64. The van der Waals surface area contributed by atoms with E-state index in [0.717, 1.165) is 11.0 Å². The molecule has 1 aliphatic rings. The van der Waals surface area contributed by atoms with Gasteiger partial charge in [0.25, 0.3) is 0 Å². The van der Waals surface area contributed by atoms with E-state index >= 15 is 0 Å². The maximum Gasteiger partial charge on any atom is 0.0696 e. The van der Waals surface area contributed by atoms with Crippen molar-refractivity contribution in [2.75, 3.05) is 0 Å². The molecular formula is C13H22BrN3. The summed E-state index contributed by atoms with van der Waals surface area (Å²) in [7, 11) is 0. The van der Waals surface area contributed by atoms with Gasteiger partial charge in [-0.1, -0.05) is 25.7 Å². The van der Waals surface area contributed by atoms with Gasteiger partial charge < -0.3 is 5.73 Å². The third-order valence-electron chi connectivity index (χ3n) is 3.86. The molecule has 0 saturated heterocycles. The molecule has 0 radical (unpaired) electrons. The molecule has 0 aliphatic heterocycles. The van der Waals surface area contributed by atoms with Gasteiger partial charge in [0.05, 0.1) is 22.4 Å². The molecule has 1 aromatic rings. The summed E-state index contributed by atoms with van der Waals surface area (Å²) >= 11 is 3.58. The van der Waals surface area contributed by atoms with Gasteiger partial charge in [0.1, 0.15) is 0 Å². The number of aromatic nitrogens is 2. The number of hydrogen-bond donors (Lipinski definition) is 1. The van der Waals surface area contributed by atoms with Crippen LogP contribution >= 0.6 is 15.9 Å². The highest BCUT2D eigenvalue weighted by atomic mass is 79.9. The molecule has 1 heterocycles. The summed E-state index contributed by atoms with van der Waals surface area (Å²) in [5.41, 5.74) is 7.65. The number of rotatable bonds is 3. The molecule has 96 valence electrons. The van der Waals surface area contributed by atoms with Crippen molar-refractivity contribution >= 4 is 15.9 Å². The van der Waals surface area contributed by atoms with Crippen LogP contribution in [-0.4, -0.2) is 9.78 Å². The fourth-order valence-corrected chi connectivity index (χ4v) is 3.41. The van der Waals surface area contributed by atoms with Gasteiger partial charge in [-0.15, -0.1) is 0 Å². The molecule has 0 amide bonds. The lowest BCUT2D eigenvalue weighted by Gasteiger charge is -2.23. The van der Waals surface area contributed by atoms with E-state index in [4.69, 9.17) is 5.73 Å². The van der Waals surface area contributed by atoms with Gasteiger partial charge in [-0.2, -0.15) is 5.10 Å². The Kier molecular flexibility index (Phi) is 4.62. The van der Waals surface area contributed by atoms with Crippen LogP contribution in [0, 0.1) is 5.92 Å². The Labute approximate surface area is 112 Å². The smallest absolute Gasteiger partial charge is 0.0696 e. The second-order valence-electron chi connectivity index (χ2n) is 4.97. The lowest BCUT2D eigenvalue weighted by molar-refractivity contribution is 0.363. The average molecular weight is 300 g/mol. The van der Waals surface area contributed by atoms with E-state index in [1.54, 1.807) is 0 Å². The lowest BCUT2D eigenvalue weighted by Crippen LogP contribution is -2.24. The summed E-state index contributed by atoms with van der Waals surface area (Å²) in [6.07, 6.45) is 9.81. The first-order valence-corrected chi connectivity index (χ1v) is 7.50. The normalized spacial score (nSPS) is 20.2. The molecule has 1 atom stereocenters. The van der Waals surface area contributed by atoms with E-state index in [-0.39, 0.29) is 6.04 Å². The Morgan fingerprint density at radius 3 is 2.65 bits per heavy atom. The molecule has 4 heteroatoms. The van der Waals surface area contributed by atoms with Crippen molar-refractivity contribution < 1.29 is 0 Å². The van der Waals surface area contributed by atoms with Crippen LogP contribution in [0.3, 0.4) is 0 Å². The van der Waals surface area contributed by atoms with Crippen molar-refractivity contribution in [3.8, 4) is 0 Å². The largest absolute Gasteiger partial charge is 0.322 e. The van der Waals surface area contributed by atoms with E-state index in [1.165, 1.54) is 44.2 Å². The minimum absolute atomic E-state index is 0.130. The molecule has 17 heavy (non-hydrogen) atoms. The van der Waals surface area contributed by atoms with Crippen LogP contribution in [0.15, 0.2) is 10.7 Å². The van der Waals surface area contributed by atoms with Crippen molar-refractivity contribution in [2.24, 2.45) is 11.7 Å². The fourth-order valence-electron chi connectivity index (χ4n) is 2.85. The molecule has 1 saturated carbocycles. The summed E-state index contributed by atoms with van der Waals surface area (Å²) < 4.78 is 3.09. The second-order valence-corrected chi connectivity index (χ2v) is 5.83. The third-order valence-corrected chi connectivity index (χ3v) is 4.47. The van der Waals surface area contributed by atoms with Gasteiger partial charge >= 0.3 is 0 Å². The van der Waals surface area contributed by atoms with E-state index in [1.807, 2.05) is 10.9 Å². The molecule has 3 nitrogen and oxygen atoms in total. The molecule has 2 rings (SSSR count). The SMILES string of the molecule is CCn1ncc(Br)c1C(N)C1CCCCCC1. The second kappa shape index (κ2) is 6.01. The van der Waals surface area contributed by atoms with Crippen LogP contribution in [0.4, 0.5) is 0 Å². The quantitative estimate of drug-likeness (QED) is 0.866. The fraction of sp³-hybridized carbons (Fsp3) is 0.769. The third kappa shape index (κ3) is 2.91. The van der Waals surface area contributed by atoms with Crippen molar-refractivity contribution in [3.05, 3.63) is 16.4 Å². The molecule has 2 N–H and O–H groups in total. The predicted molar refractivity (Wildman–Crippen MR) is 73.7 cm³/mol. The van der Waals surface area contributed by atoms with Gasteiger partial charge in [-0.25, -0.2) is 0 Å². The minimum Gasteiger partial charge on any atom is -0.322 e. The van der Waals surface area contributed by atoms with Crippen molar-refractivity contribution in [1.29, 1.82) is 0 Å². The summed E-state index contributed by atoms with van der Waals surface area (Å²) in [6.45, 7) is 3.00. The van der Waals surface area contributed by atoms with E-state index in [0.29, 0.717) is 5.92 Å². The van der Waals surface area contributed by atoms with E-state index < -0.39 is 0 Å². The molecule has 0 aromatic carbocycles. The zero-order chi connectivity index (χ0) is 12.3. The number of nitrogens with two attached hydrogens (primary N) is 1. The molecule has 0 spiro atoms. The minimum atomic E-state index is 0.130. The zero-order valence-electron chi connectivity index (χ0n) is 10.5. The lowest BCUT2D eigenvalue weighted by atomic mass is 9.90.